The van der Waals surface area contributed by atoms with Gasteiger partial charge in [-0.1, -0.05) is 20.8 Å². The average Bonchev–Trinajstić information content (AvgIpc) is 2.76. The van der Waals surface area contributed by atoms with Gasteiger partial charge in [0.15, 0.2) is 5.82 Å². The number of hydrogen-bond acceptors (Lipinski definition) is 4. The Morgan fingerprint density at radius 3 is 2.79 bits per heavy atom. The summed E-state index contributed by atoms with van der Waals surface area (Å²) in [5, 5.41) is 14.1. The van der Waals surface area contributed by atoms with Crippen LogP contribution in [0.3, 0.4) is 0 Å². The fourth-order valence-corrected chi connectivity index (χ4v) is 2.04. The highest BCUT2D eigenvalue weighted by Crippen LogP contribution is 2.22. The highest BCUT2D eigenvalue weighted by molar-refractivity contribution is 5.50. The summed E-state index contributed by atoms with van der Waals surface area (Å²) in [5.41, 5.74) is 0.705. The smallest absolute Gasteiger partial charge is 0.258 e. The molecule has 0 aromatic carbocycles. The highest BCUT2D eigenvalue weighted by atomic mass is 16.3. The first-order valence-corrected chi connectivity index (χ1v) is 6.40. The second-order valence-electron chi connectivity index (χ2n) is 4.75. The Kier molecular flexibility index (Phi) is 3.69. The maximum absolute atomic E-state index is 12.0. The van der Waals surface area contributed by atoms with E-state index in [0.29, 0.717) is 17.1 Å². The number of nitrogens with zero attached hydrogens (tertiary/aromatic N) is 3. The zero-order valence-corrected chi connectivity index (χ0v) is 11.3. The molecule has 0 aliphatic rings. The Labute approximate surface area is 111 Å². The molecule has 0 aliphatic heterocycles. The lowest BCUT2D eigenvalue weighted by molar-refractivity contribution is 0.440. The molecule has 0 unspecified atom stereocenters. The molecule has 19 heavy (non-hydrogen) atoms. The van der Waals surface area contributed by atoms with Gasteiger partial charge in [0.1, 0.15) is 5.69 Å². The lowest BCUT2D eigenvalue weighted by Gasteiger charge is -2.09. The van der Waals surface area contributed by atoms with Crippen LogP contribution in [0.1, 0.15) is 38.7 Å². The third kappa shape index (κ3) is 2.52. The third-order valence-electron chi connectivity index (χ3n) is 2.91. The maximum atomic E-state index is 12.0. The molecule has 0 atom stereocenters. The normalized spacial score (nSPS) is 11.2. The molecule has 6 heteroatoms. The first-order chi connectivity index (χ1) is 9.04. The van der Waals surface area contributed by atoms with Gasteiger partial charge in [0.2, 0.25) is 5.88 Å². The molecule has 0 aliphatic carbocycles. The van der Waals surface area contributed by atoms with Crippen molar-refractivity contribution in [2.75, 3.05) is 0 Å². The monoisotopic (exact) mass is 262 g/mol. The number of aromatic hydroxyl groups is 1. The molecule has 2 rings (SSSR count). The molecule has 0 radical (unpaired) electrons. The lowest BCUT2D eigenvalue weighted by atomic mass is 10.1. The number of hydrogen-bond donors (Lipinski definition) is 2. The molecule has 0 spiro atoms. The summed E-state index contributed by atoms with van der Waals surface area (Å²) in [4.78, 5) is 18.8. The minimum Gasteiger partial charge on any atom is -0.493 e. The van der Waals surface area contributed by atoms with E-state index in [-0.39, 0.29) is 17.4 Å². The van der Waals surface area contributed by atoms with Gasteiger partial charge >= 0.3 is 0 Å². The van der Waals surface area contributed by atoms with Gasteiger partial charge in [0.05, 0.1) is 5.56 Å². The van der Waals surface area contributed by atoms with E-state index < -0.39 is 0 Å². The van der Waals surface area contributed by atoms with Gasteiger partial charge in [0, 0.05) is 12.7 Å². The van der Waals surface area contributed by atoms with Crippen molar-refractivity contribution in [1.82, 2.24) is 19.7 Å². The van der Waals surface area contributed by atoms with Gasteiger partial charge in [-0.3, -0.25) is 9.48 Å². The predicted molar refractivity (Wildman–Crippen MR) is 72.1 cm³/mol. The minimum atomic E-state index is -0.304. The summed E-state index contributed by atoms with van der Waals surface area (Å²) >= 11 is 0. The van der Waals surface area contributed by atoms with Crippen LogP contribution in [0.25, 0.3) is 11.5 Å². The van der Waals surface area contributed by atoms with E-state index >= 15 is 0 Å². The molecule has 2 aromatic rings. The fourth-order valence-electron chi connectivity index (χ4n) is 2.04. The first-order valence-electron chi connectivity index (χ1n) is 6.40. The Morgan fingerprint density at radius 2 is 2.21 bits per heavy atom. The van der Waals surface area contributed by atoms with Gasteiger partial charge in [0.25, 0.3) is 5.56 Å². The summed E-state index contributed by atoms with van der Waals surface area (Å²) in [6.07, 6.45) is 2.58. The first kappa shape index (κ1) is 13.3. The number of aryl methyl sites for hydroxylation is 1. The molecule has 2 N–H and O–H groups in total. The molecule has 102 valence electrons. The van der Waals surface area contributed by atoms with Gasteiger partial charge in [-0.15, -0.1) is 0 Å². The molecule has 0 amide bonds. The summed E-state index contributed by atoms with van der Waals surface area (Å²) in [7, 11) is 0. The number of rotatable bonds is 4. The largest absolute Gasteiger partial charge is 0.493 e. The molecule has 0 fully saturated rings. The molecular formula is C13H18N4O2. The molecular weight excluding hydrogens is 244 g/mol. The number of nitrogens with one attached hydrogen (secondary N) is 1. The second-order valence-corrected chi connectivity index (χ2v) is 4.75. The van der Waals surface area contributed by atoms with Crippen molar-refractivity contribution in [2.24, 2.45) is 0 Å². The molecule has 2 heterocycles. The van der Waals surface area contributed by atoms with Crippen molar-refractivity contribution in [3.05, 3.63) is 28.2 Å². The van der Waals surface area contributed by atoms with E-state index in [4.69, 9.17) is 0 Å². The Bertz CT molecular complexity index is 628. The summed E-state index contributed by atoms with van der Waals surface area (Å²) < 4.78 is 1.76. The van der Waals surface area contributed by atoms with Crippen LogP contribution in [0.5, 0.6) is 5.88 Å². The molecule has 0 saturated carbocycles. The van der Waals surface area contributed by atoms with Gasteiger partial charge in [-0.25, -0.2) is 0 Å². The van der Waals surface area contributed by atoms with Crippen molar-refractivity contribution in [1.29, 1.82) is 0 Å². The van der Waals surface area contributed by atoms with E-state index in [0.717, 1.165) is 13.0 Å². The quantitative estimate of drug-likeness (QED) is 0.881. The van der Waals surface area contributed by atoms with E-state index in [1.165, 1.54) is 0 Å². The van der Waals surface area contributed by atoms with Crippen LogP contribution in [-0.2, 0) is 6.54 Å². The topological polar surface area (TPSA) is 83.8 Å². The van der Waals surface area contributed by atoms with Gasteiger partial charge < -0.3 is 10.1 Å². The summed E-state index contributed by atoms with van der Waals surface area (Å²) in [6.45, 7) is 6.46. The van der Waals surface area contributed by atoms with Crippen LogP contribution < -0.4 is 5.56 Å². The maximum Gasteiger partial charge on any atom is 0.258 e. The van der Waals surface area contributed by atoms with E-state index in [1.807, 2.05) is 20.8 Å². The van der Waals surface area contributed by atoms with Crippen LogP contribution >= 0.6 is 0 Å². The van der Waals surface area contributed by atoms with E-state index in [9.17, 15) is 9.90 Å². The third-order valence-corrected chi connectivity index (χ3v) is 2.91. The minimum absolute atomic E-state index is 0.0779. The summed E-state index contributed by atoms with van der Waals surface area (Å²) in [6, 6.07) is 1.77. The van der Waals surface area contributed by atoms with Crippen molar-refractivity contribution in [3.63, 3.8) is 0 Å². The van der Waals surface area contributed by atoms with Crippen LogP contribution in [0.4, 0.5) is 0 Å². The number of H-pyrrole nitrogens is 1. The van der Waals surface area contributed by atoms with Crippen molar-refractivity contribution in [2.45, 2.75) is 39.7 Å². The Hall–Kier alpha value is -2.11. The Balaban J connectivity index is 2.52. The summed E-state index contributed by atoms with van der Waals surface area (Å²) in [5.74, 6) is 0.0571. The van der Waals surface area contributed by atoms with Crippen molar-refractivity contribution in [3.8, 4) is 17.4 Å². The molecule has 0 saturated heterocycles. The van der Waals surface area contributed by atoms with E-state index in [2.05, 4.69) is 15.1 Å². The molecule has 0 bridgehead atoms. The Morgan fingerprint density at radius 1 is 1.47 bits per heavy atom. The van der Waals surface area contributed by atoms with Crippen LogP contribution in [0.2, 0.25) is 0 Å². The lowest BCUT2D eigenvalue weighted by Crippen LogP contribution is -2.17. The van der Waals surface area contributed by atoms with Crippen molar-refractivity contribution < 1.29 is 5.11 Å². The number of aromatic amines is 1. The zero-order chi connectivity index (χ0) is 14.0. The second kappa shape index (κ2) is 5.26. The van der Waals surface area contributed by atoms with Gasteiger partial charge in [-0.05, 0) is 18.4 Å². The standard InChI is InChI=1S/C13H18N4O2/c1-4-7-17-9(5-6-14-17)11-15-12(18)10(8(2)3)13(19)16-11/h5-6,8H,4,7H2,1-3H3,(H2,15,16,18,19). The van der Waals surface area contributed by atoms with Gasteiger partial charge in [-0.2, -0.15) is 10.1 Å². The predicted octanol–water partition coefficient (Wildman–Crippen LogP) is 1.87. The average molecular weight is 262 g/mol. The molecule has 6 nitrogen and oxygen atoms in total. The SMILES string of the molecule is CCCn1nccc1-c1nc(O)c(C(C)C)c(=O)[nH]1. The van der Waals surface area contributed by atoms with Crippen molar-refractivity contribution >= 4 is 0 Å². The van der Waals surface area contributed by atoms with Crippen LogP contribution in [0, 0.1) is 0 Å². The van der Waals surface area contributed by atoms with Crippen LogP contribution in [-0.4, -0.2) is 24.9 Å². The zero-order valence-electron chi connectivity index (χ0n) is 11.3. The van der Waals surface area contributed by atoms with Crippen LogP contribution in [0.15, 0.2) is 17.1 Å². The number of aromatic nitrogens is 4. The fraction of sp³-hybridized carbons (Fsp3) is 0.462. The van der Waals surface area contributed by atoms with E-state index in [1.54, 1.807) is 16.9 Å². The molecule has 2 aromatic heterocycles. The highest BCUT2D eigenvalue weighted by Gasteiger charge is 2.16.